The van der Waals surface area contributed by atoms with Crippen molar-refractivity contribution in [3.05, 3.63) is 17.0 Å². The number of carbonyl (C=O) groups is 2. The smallest absolute Gasteiger partial charge is 0.358 e. The molecule has 0 amide bonds. The molecule has 0 atom stereocenters. The van der Waals surface area contributed by atoms with Crippen molar-refractivity contribution < 1.29 is 19.2 Å². The standard InChI is InChI=1S/C9H9NO4/c11-5-3-1-2-4-6-7(5)8(9(12)13)10-14-6/h1-4H2,(H,12,13). The number of aromatic nitrogens is 1. The third-order valence-corrected chi connectivity index (χ3v) is 2.30. The zero-order valence-electron chi connectivity index (χ0n) is 7.45. The third kappa shape index (κ3) is 1.30. The largest absolute Gasteiger partial charge is 0.476 e. The molecule has 0 fully saturated rings. The van der Waals surface area contributed by atoms with Crippen molar-refractivity contribution in [2.45, 2.75) is 25.7 Å². The number of hydrogen-bond acceptors (Lipinski definition) is 4. The molecule has 0 saturated carbocycles. The molecule has 0 radical (unpaired) electrons. The number of aryl methyl sites for hydroxylation is 1. The molecular formula is C9H9NO4. The first-order valence-electron chi connectivity index (χ1n) is 4.45. The lowest BCUT2D eigenvalue weighted by Gasteiger charge is -1.93. The Hall–Kier alpha value is -1.65. The molecule has 0 spiro atoms. The van der Waals surface area contributed by atoms with Gasteiger partial charge in [0, 0.05) is 12.8 Å². The summed E-state index contributed by atoms with van der Waals surface area (Å²) < 4.78 is 4.85. The van der Waals surface area contributed by atoms with Crippen LogP contribution in [0.4, 0.5) is 0 Å². The summed E-state index contributed by atoms with van der Waals surface area (Å²) >= 11 is 0. The Morgan fingerprint density at radius 1 is 1.36 bits per heavy atom. The van der Waals surface area contributed by atoms with Crippen LogP contribution in [0.25, 0.3) is 0 Å². The van der Waals surface area contributed by atoms with Gasteiger partial charge in [0.25, 0.3) is 0 Å². The van der Waals surface area contributed by atoms with Crippen LogP contribution in [0.2, 0.25) is 0 Å². The van der Waals surface area contributed by atoms with Crippen LogP contribution in [-0.2, 0) is 6.42 Å². The summed E-state index contributed by atoms with van der Waals surface area (Å²) in [5.41, 5.74) is -0.0677. The van der Waals surface area contributed by atoms with Gasteiger partial charge in [0.05, 0.1) is 5.56 Å². The number of rotatable bonds is 1. The highest BCUT2D eigenvalue weighted by atomic mass is 16.5. The van der Waals surface area contributed by atoms with Crippen LogP contribution >= 0.6 is 0 Å². The minimum atomic E-state index is -1.20. The van der Waals surface area contributed by atoms with E-state index >= 15 is 0 Å². The summed E-state index contributed by atoms with van der Waals surface area (Å²) in [6.45, 7) is 0. The number of Topliss-reactive ketones (excluding diaryl/α,β-unsaturated/α-hetero) is 1. The second-order valence-corrected chi connectivity index (χ2v) is 3.26. The molecule has 1 aliphatic carbocycles. The number of hydrogen-bond donors (Lipinski definition) is 1. The molecule has 0 bridgehead atoms. The predicted octanol–water partition coefficient (Wildman–Crippen LogP) is 1.28. The highest BCUT2D eigenvalue weighted by molar-refractivity contribution is 6.05. The quantitative estimate of drug-likeness (QED) is 0.682. The molecule has 14 heavy (non-hydrogen) atoms. The molecule has 1 heterocycles. The zero-order chi connectivity index (χ0) is 10.1. The molecule has 1 aliphatic rings. The maximum atomic E-state index is 11.5. The number of carboxylic acids is 1. The molecule has 5 heteroatoms. The average molecular weight is 195 g/mol. The van der Waals surface area contributed by atoms with Crippen molar-refractivity contribution in [3.8, 4) is 0 Å². The number of carboxylic acid groups (broad SMARTS) is 1. The summed E-state index contributed by atoms with van der Waals surface area (Å²) in [5, 5.41) is 12.2. The maximum Gasteiger partial charge on any atom is 0.358 e. The van der Waals surface area contributed by atoms with Gasteiger partial charge in [0.1, 0.15) is 5.76 Å². The van der Waals surface area contributed by atoms with Crippen LogP contribution in [0.1, 0.15) is 45.9 Å². The third-order valence-electron chi connectivity index (χ3n) is 2.30. The van der Waals surface area contributed by atoms with Crippen molar-refractivity contribution in [1.82, 2.24) is 5.16 Å². The van der Waals surface area contributed by atoms with Gasteiger partial charge >= 0.3 is 5.97 Å². The first-order valence-corrected chi connectivity index (χ1v) is 4.45. The van der Waals surface area contributed by atoms with E-state index < -0.39 is 5.97 Å². The lowest BCUT2D eigenvalue weighted by atomic mass is 10.1. The van der Waals surface area contributed by atoms with E-state index in [0.29, 0.717) is 18.6 Å². The lowest BCUT2D eigenvalue weighted by Crippen LogP contribution is -2.07. The Morgan fingerprint density at radius 3 is 2.79 bits per heavy atom. The predicted molar refractivity (Wildman–Crippen MR) is 45.3 cm³/mol. The van der Waals surface area contributed by atoms with Gasteiger partial charge in [0.15, 0.2) is 5.78 Å². The summed E-state index contributed by atoms with van der Waals surface area (Å²) in [6, 6.07) is 0. The fourth-order valence-electron chi connectivity index (χ4n) is 1.62. The molecule has 0 aliphatic heterocycles. The van der Waals surface area contributed by atoms with Gasteiger partial charge in [-0.25, -0.2) is 4.79 Å². The van der Waals surface area contributed by atoms with Gasteiger partial charge < -0.3 is 9.63 Å². The molecule has 2 rings (SSSR count). The van der Waals surface area contributed by atoms with Crippen LogP contribution in [0.15, 0.2) is 4.52 Å². The maximum absolute atomic E-state index is 11.5. The van der Waals surface area contributed by atoms with E-state index in [2.05, 4.69) is 5.16 Å². The van der Waals surface area contributed by atoms with Crippen LogP contribution in [0.3, 0.4) is 0 Å². The normalized spacial score (nSPS) is 16.1. The summed E-state index contributed by atoms with van der Waals surface area (Å²) in [6.07, 6.45) is 2.60. The SMILES string of the molecule is O=C(O)c1noc2c1C(=O)CCCC2. The van der Waals surface area contributed by atoms with Crippen LogP contribution in [0.5, 0.6) is 0 Å². The van der Waals surface area contributed by atoms with Crippen molar-refractivity contribution in [3.63, 3.8) is 0 Å². The second-order valence-electron chi connectivity index (χ2n) is 3.26. The van der Waals surface area contributed by atoms with E-state index in [1.54, 1.807) is 0 Å². The Labute approximate surface area is 79.7 Å². The molecular weight excluding hydrogens is 186 g/mol. The summed E-state index contributed by atoms with van der Waals surface area (Å²) in [7, 11) is 0. The van der Waals surface area contributed by atoms with Gasteiger partial charge in [-0.1, -0.05) is 5.16 Å². The minimum absolute atomic E-state index is 0.170. The fourth-order valence-corrected chi connectivity index (χ4v) is 1.62. The lowest BCUT2D eigenvalue weighted by molar-refractivity contribution is 0.0681. The molecule has 1 aromatic rings. The zero-order valence-corrected chi connectivity index (χ0v) is 7.45. The Bertz CT molecular complexity index is 394. The van der Waals surface area contributed by atoms with Crippen molar-refractivity contribution in [1.29, 1.82) is 0 Å². The van der Waals surface area contributed by atoms with Gasteiger partial charge in [-0.3, -0.25) is 4.79 Å². The summed E-state index contributed by atoms with van der Waals surface area (Å²) in [4.78, 5) is 22.2. The summed E-state index contributed by atoms with van der Waals surface area (Å²) in [5.74, 6) is -0.952. The number of aromatic carboxylic acids is 1. The number of ketones is 1. The first kappa shape index (κ1) is 8.93. The van der Waals surface area contributed by atoms with Crippen LogP contribution in [0, 0.1) is 0 Å². The van der Waals surface area contributed by atoms with Crippen LogP contribution < -0.4 is 0 Å². The molecule has 0 unspecified atom stereocenters. The van der Waals surface area contributed by atoms with E-state index in [0.717, 1.165) is 12.8 Å². The number of carbonyl (C=O) groups excluding carboxylic acids is 1. The Kier molecular flexibility index (Phi) is 2.07. The monoisotopic (exact) mass is 195 g/mol. The van der Waals surface area contributed by atoms with E-state index in [1.807, 2.05) is 0 Å². The second kappa shape index (κ2) is 3.25. The molecule has 0 saturated heterocycles. The highest BCUT2D eigenvalue weighted by Gasteiger charge is 2.28. The average Bonchev–Trinajstić information content (AvgIpc) is 2.48. The first-order chi connectivity index (χ1) is 6.70. The minimum Gasteiger partial charge on any atom is -0.476 e. The molecule has 1 N–H and O–H groups in total. The van der Waals surface area contributed by atoms with Gasteiger partial charge in [0.2, 0.25) is 5.69 Å². The van der Waals surface area contributed by atoms with E-state index in [-0.39, 0.29) is 17.0 Å². The molecule has 1 aromatic heterocycles. The topological polar surface area (TPSA) is 80.4 Å². The highest BCUT2D eigenvalue weighted by Crippen LogP contribution is 2.23. The fraction of sp³-hybridized carbons (Fsp3) is 0.444. The number of nitrogens with zero attached hydrogens (tertiary/aromatic N) is 1. The van der Waals surface area contributed by atoms with Crippen molar-refractivity contribution in [2.24, 2.45) is 0 Å². The Balaban J connectivity index is 2.52. The van der Waals surface area contributed by atoms with Crippen molar-refractivity contribution in [2.75, 3.05) is 0 Å². The van der Waals surface area contributed by atoms with Gasteiger partial charge in [-0.15, -0.1) is 0 Å². The molecule has 5 nitrogen and oxygen atoms in total. The molecule has 0 aromatic carbocycles. The van der Waals surface area contributed by atoms with E-state index in [9.17, 15) is 9.59 Å². The van der Waals surface area contributed by atoms with Gasteiger partial charge in [-0.2, -0.15) is 0 Å². The Morgan fingerprint density at radius 2 is 2.07 bits per heavy atom. The van der Waals surface area contributed by atoms with Crippen molar-refractivity contribution >= 4 is 11.8 Å². The van der Waals surface area contributed by atoms with Crippen LogP contribution in [-0.4, -0.2) is 22.0 Å². The number of fused-ring (bicyclic) bond motifs is 1. The van der Waals surface area contributed by atoms with E-state index in [4.69, 9.17) is 9.63 Å². The molecule has 74 valence electrons. The van der Waals surface area contributed by atoms with E-state index in [1.165, 1.54) is 0 Å². The van der Waals surface area contributed by atoms with Gasteiger partial charge in [-0.05, 0) is 12.8 Å².